The molecule has 16 heavy (non-hydrogen) atoms. The Morgan fingerprint density at radius 2 is 2.50 bits per heavy atom. The van der Waals surface area contributed by atoms with Crippen LogP contribution in [-0.2, 0) is 7.05 Å². The van der Waals surface area contributed by atoms with Gasteiger partial charge in [-0.3, -0.25) is 9.48 Å². The molecule has 0 saturated carbocycles. The van der Waals surface area contributed by atoms with Crippen molar-refractivity contribution in [2.75, 3.05) is 19.7 Å². The van der Waals surface area contributed by atoms with E-state index >= 15 is 0 Å². The van der Waals surface area contributed by atoms with Crippen LogP contribution in [0.4, 0.5) is 0 Å². The van der Waals surface area contributed by atoms with Crippen molar-refractivity contribution < 1.29 is 9.90 Å². The molecule has 2 rings (SSSR count). The summed E-state index contributed by atoms with van der Waals surface area (Å²) in [6, 6.07) is 1.73. The maximum absolute atomic E-state index is 12.0. The number of carbonyl (C=O) groups is 1. The number of hydrogen-bond acceptors (Lipinski definition) is 3. The summed E-state index contributed by atoms with van der Waals surface area (Å²) in [6.45, 7) is 1.57. The first-order valence-electron chi connectivity index (χ1n) is 5.60. The highest BCUT2D eigenvalue weighted by Gasteiger charge is 2.24. The number of nitrogens with zero attached hydrogens (tertiary/aromatic N) is 3. The lowest BCUT2D eigenvalue weighted by atomic mass is 9.99. The fraction of sp³-hybridized carbons (Fsp3) is 0.636. The van der Waals surface area contributed by atoms with Gasteiger partial charge in [0, 0.05) is 32.9 Å². The number of piperidine rings is 1. The molecule has 2 heterocycles. The van der Waals surface area contributed by atoms with Crippen LogP contribution in [0.3, 0.4) is 0 Å². The zero-order valence-corrected chi connectivity index (χ0v) is 9.46. The van der Waals surface area contributed by atoms with Crippen molar-refractivity contribution in [2.24, 2.45) is 13.0 Å². The smallest absolute Gasteiger partial charge is 0.274 e. The van der Waals surface area contributed by atoms with Crippen molar-refractivity contribution in [3.05, 3.63) is 18.0 Å². The highest BCUT2D eigenvalue weighted by molar-refractivity contribution is 5.92. The van der Waals surface area contributed by atoms with Crippen LogP contribution in [0, 0.1) is 5.92 Å². The summed E-state index contributed by atoms with van der Waals surface area (Å²) in [5, 5.41) is 13.2. The summed E-state index contributed by atoms with van der Waals surface area (Å²) >= 11 is 0. The Balaban J connectivity index is 2.04. The molecule has 0 spiro atoms. The Bertz CT molecular complexity index is 375. The molecule has 1 aliphatic rings. The van der Waals surface area contributed by atoms with E-state index in [4.69, 9.17) is 5.11 Å². The molecule has 1 atom stereocenters. The summed E-state index contributed by atoms with van der Waals surface area (Å²) < 4.78 is 1.63. The quantitative estimate of drug-likeness (QED) is 0.782. The number of hydrogen-bond donors (Lipinski definition) is 1. The van der Waals surface area contributed by atoms with Crippen LogP contribution in [0.2, 0.25) is 0 Å². The lowest BCUT2D eigenvalue weighted by Crippen LogP contribution is -2.41. The van der Waals surface area contributed by atoms with Crippen LogP contribution in [0.15, 0.2) is 12.3 Å². The van der Waals surface area contributed by atoms with Crippen LogP contribution in [0.25, 0.3) is 0 Å². The molecule has 0 radical (unpaired) electrons. The molecule has 5 nitrogen and oxygen atoms in total. The molecule has 88 valence electrons. The highest BCUT2D eigenvalue weighted by atomic mass is 16.3. The van der Waals surface area contributed by atoms with Gasteiger partial charge in [-0.25, -0.2) is 0 Å². The van der Waals surface area contributed by atoms with E-state index in [2.05, 4.69) is 5.10 Å². The van der Waals surface area contributed by atoms with Gasteiger partial charge in [-0.1, -0.05) is 0 Å². The molecular formula is C11H17N3O2. The maximum Gasteiger partial charge on any atom is 0.274 e. The molecule has 0 bridgehead atoms. The molecule has 1 fully saturated rings. The largest absolute Gasteiger partial charge is 0.396 e. The Morgan fingerprint density at radius 1 is 1.69 bits per heavy atom. The standard InChI is InChI=1S/C11H17N3O2/c1-13-6-4-10(12-13)11(16)14-5-2-3-9(7-14)8-15/h4,6,9,15H,2-3,5,7-8H2,1H3. The summed E-state index contributed by atoms with van der Waals surface area (Å²) in [4.78, 5) is 13.8. The molecule has 5 heteroatoms. The van der Waals surface area contributed by atoms with Crippen LogP contribution in [-0.4, -0.2) is 45.4 Å². The fourth-order valence-electron chi connectivity index (χ4n) is 2.09. The number of likely N-dealkylation sites (tertiary alicyclic amines) is 1. The van der Waals surface area contributed by atoms with Crippen LogP contribution < -0.4 is 0 Å². The lowest BCUT2D eigenvalue weighted by molar-refractivity contribution is 0.0614. The van der Waals surface area contributed by atoms with Crippen molar-refractivity contribution in [2.45, 2.75) is 12.8 Å². The van der Waals surface area contributed by atoms with Gasteiger partial charge in [0.25, 0.3) is 5.91 Å². The number of aliphatic hydroxyl groups is 1. The van der Waals surface area contributed by atoms with Gasteiger partial charge >= 0.3 is 0 Å². The molecule has 1 aliphatic heterocycles. The first-order valence-corrected chi connectivity index (χ1v) is 5.60. The monoisotopic (exact) mass is 223 g/mol. The minimum absolute atomic E-state index is 0.0289. The van der Waals surface area contributed by atoms with Crippen molar-refractivity contribution >= 4 is 5.91 Å². The van der Waals surface area contributed by atoms with E-state index in [-0.39, 0.29) is 18.4 Å². The van der Waals surface area contributed by atoms with Gasteiger partial charge in [-0.2, -0.15) is 5.10 Å². The van der Waals surface area contributed by atoms with Gasteiger partial charge in [0.2, 0.25) is 0 Å². The second kappa shape index (κ2) is 4.65. The van der Waals surface area contributed by atoms with Crippen LogP contribution >= 0.6 is 0 Å². The molecule has 1 aromatic heterocycles. The zero-order valence-electron chi connectivity index (χ0n) is 9.46. The number of aliphatic hydroxyl groups excluding tert-OH is 1. The van der Waals surface area contributed by atoms with E-state index in [0.29, 0.717) is 12.2 Å². The van der Waals surface area contributed by atoms with Crippen molar-refractivity contribution in [1.82, 2.24) is 14.7 Å². The molecule has 1 aromatic rings. The summed E-state index contributed by atoms with van der Waals surface area (Å²) in [5.41, 5.74) is 0.487. The third kappa shape index (κ3) is 2.24. The third-order valence-electron chi connectivity index (χ3n) is 3.00. The molecule has 0 aromatic carbocycles. The zero-order chi connectivity index (χ0) is 11.5. The van der Waals surface area contributed by atoms with Crippen molar-refractivity contribution in [3.8, 4) is 0 Å². The fourth-order valence-corrected chi connectivity index (χ4v) is 2.09. The van der Waals surface area contributed by atoms with Crippen LogP contribution in [0.1, 0.15) is 23.3 Å². The number of carbonyl (C=O) groups excluding carboxylic acids is 1. The Labute approximate surface area is 94.7 Å². The Kier molecular flexibility index (Phi) is 3.24. The van der Waals surface area contributed by atoms with Crippen molar-refractivity contribution in [3.63, 3.8) is 0 Å². The lowest BCUT2D eigenvalue weighted by Gasteiger charge is -2.31. The Hall–Kier alpha value is -1.36. The van der Waals surface area contributed by atoms with Crippen LogP contribution in [0.5, 0.6) is 0 Å². The van der Waals surface area contributed by atoms with Gasteiger partial charge in [-0.05, 0) is 24.8 Å². The van der Waals surface area contributed by atoms with Gasteiger partial charge in [0.05, 0.1) is 0 Å². The molecule has 1 unspecified atom stereocenters. The molecule has 1 N–H and O–H groups in total. The second-order valence-electron chi connectivity index (χ2n) is 4.32. The molecule has 1 amide bonds. The average Bonchev–Trinajstić information content (AvgIpc) is 2.75. The number of amides is 1. The predicted octanol–water partition coefficient (Wildman–Crippen LogP) is 0.265. The van der Waals surface area contributed by atoms with E-state index in [9.17, 15) is 4.79 Å². The number of aromatic nitrogens is 2. The average molecular weight is 223 g/mol. The van der Waals surface area contributed by atoms with E-state index in [0.717, 1.165) is 19.4 Å². The van der Waals surface area contributed by atoms with Gasteiger partial charge in [-0.15, -0.1) is 0 Å². The first kappa shape index (κ1) is 11.1. The molecule has 1 saturated heterocycles. The normalized spacial score (nSPS) is 21.1. The number of aryl methyl sites for hydroxylation is 1. The summed E-state index contributed by atoms with van der Waals surface area (Å²) in [5.74, 6) is 0.195. The number of rotatable bonds is 2. The molecule has 0 aliphatic carbocycles. The SMILES string of the molecule is Cn1ccc(C(=O)N2CCCC(CO)C2)n1. The summed E-state index contributed by atoms with van der Waals surface area (Å²) in [6.07, 6.45) is 3.73. The highest BCUT2D eigenvalue weighted by Crippen LogP contribution is 2.17. The van der Waals surface area contributed by atoms with Gasteiger partial charge in [0.1, 0.15) is 5.69 Å². The van der Waals surface area contributed by atoms with Gasteiger partial charge in [0.15, 0.2) is 0 Å². The van der Waals surface area contributed by atoms with Crippen molar-refractivity contribution in [1.29, 1.82) is 0 Å². The van der Waals surface area contributed by atoms with E-state index in [1.807, 2.05) is 0 Å². The maximum atomic E-state index is 12.0. The van der Waals surface area contributed by atoms with E-state index < -0.39 is 0 Å². The predicted molar refractivity (Wildman–Crippen MR) is 58.9 cm³/mol. The molecular weight excluding hydrogens is 206 g/mol. The van der Waals surface area contributed by atoms with Gasteiger partial charge < -0.3 is 10.0 Å². The summed E-state index contributed by atoms with van der Waals surface area (Å²) in [7, 11) is 1.80. The second-order valence-corrected chi connectivity index (χ2v) is 4.32. The topological polar surface area (TPSA) is 58.4 Å². The minimum atomic E-state index is -0.0289. The minimum Gasteiger partial charge on any atom is -0.396 e. The van der Waals surface area contributed by atoms with E-state index in [1.54, 1.807) is 28.9 Å². The van der Waals surface area contributed by atoms with E-state index in [1.165, 1.54) is 0 Å². The third-order valence-corrected chi connectivity index (χ3v) is 3.00. The Morgan fingerprint density at radius 3 is 3.12 bits per heavy atom. The first-order chi connectivity index (χ1) is 7.70.